The Labute approximate surface area is 101 Å². The normalized spacial score (nSPS) is 11.3. The highest BCUT2D eigenvalue weighted by atomic mass is 32.2. The highest BCUT2D eigenvalue weighted by Crippen LogP contribution is 2.31. The number of rotatable bonds is 4. The average Bonchev–Trinajstić information content (AvgIpc) is 2.28. The molecule has 0 bridgehead atoms. The van der Waals surface area contributed by atoms with Crippen molar-refractivity contribution in [3.63, 3.8) is 0 Å². The first-order valence-corrected chi connectivity index (χ1v) is 5.79. The van der Waals surface area contributed by atoms with Crippen LogP contribution in [0.15, 0.2) is 29.2 Å². The van der Waals surface area contributed by atoms with Crippen molar-refractivity contribution < 1.29 is 22.7 Å². The number of methoxy groups -OCH3 is 1. The molecule has 0 atom stereocenters. The minimum absolute atomic E-state index is 0.178. The molecule has 0 heterocycles. The zero-order valence-corrected chi connectivity index (χ0v) is 9.90. The van der Waals surface area contributed by atoms with E-state index < -0.39 is 11.7 Å². The van der Waals surface area contributed by atoms with Crippen molar-refractivity contribution in [2.75, 3.05) is 12.9 Å². The van der Waals surface area contributed by atoms with Gasteiger partial charge in [-0.25, -0.2) is 0 Å². The third-order valence-corrected chi connectivity index (χ3v) is 2.96. The maximum absolute atomic E-state index is 12.4. The van der Waals surface area contributed by atoms with Crippen LogP contribution < -0.4 is 0 Å². The van der Waals surface area contributed by atoms with Gasteiger partial charge in [0.1, 0.15) is 0 Å². The molecule has 0 amide bonds. The first-order valence-electron chi connectivity index (χ1n) is 4.80. The van der Waals surface area contributed by atoms with Crippen LogP contribution in [0, 0.1) is 0 Å². The van der Waals surface area contributed by atoms with Crippen molar-refractivity contribution in [1.29, 1.82) is 0 Å². The molecule has 2 nitrogen and oxygen atoms in total. The standard InChI is InChI=1S/C11H11F3O2S/c1-16-10(15)5-6-17-9-4-2-3-8(7-9)11(12,13)14/h2-4,7H,5-6H2,1H3. The summed E-state index contributed by atoms with van der Waals surface area (Å²) in [6, 6.07) is 5.02. The third kappa shape index (κ3) is 4.68. The third-order valence-electron chi connectivity index (χ3n) is 1.96. The van der Waals surface area contributed by atoms with Crippen molar-refractivity contribution in [1.82, 2.24) is 0 Å². The van der Waals surface area contributed by atoms with Gasteiger partial charge in [0.05, 0.1) is 19.1 Å². The molecular weight excluding hydrogens is 253 g/mol. The number of benzene rings is 1. The van der Waals surface area contributed by atoms with Gasteiger partial charge in [-0.2, -0.15) is 13.2 Å². The van der Waals surface area contributed by atoms with Crippen LogP contribution in [0.3, 0.4) is 0 Å². The van der Waals surface area contributed by atoms with Gasteiger partial charge in [-0.15, -0.1) is 11.8 Å². The van der Waals surface area contributed by atoms with Crippen LogP contribution in [0.2, 0.25) is 0 Å². The molecule has 0 saturated heterocycles. The molecule has 0 fully saturated rings. The summed E-state index contributed by atoms with van der Waals surface area (Å²) < 4.78 is 41.6. The zero-order chi connectivity index (χ0) is 12.9. The molecule has 17 heavy (non-hydrogen) atoms. The number of hydrogen-bond donors (Lipinski definition) is 0. The van der Waals surface area contributed by atoms with Crippen molar-refractivity contribution in [3.05, 3.63) is 29.8 Å². The summed E-state index contributed by atoms with van der Waals surface area (Å²) in [7, 11) is 1.28. The van der Waals surface area contributed by atoms with Crippen LogP contribution in [0.5, 0.6) is 0 Å². The summed E-state index contributed by atoms with van der Waals surface area (Å²) in [4.78, 5) is 11.3. The maximum atomic E-state index is 12.4. The zero-order valence-electron chi connectivity index (χ0n) is 9.08. The van der Waals surface area contributed by atoms with E-state index in [1.807, 2.05) is 0 Å². The van der Waals surface area contributed by atoms with E-state index in [1.165, 1.54) is 24.9 Å². The fourth-order valence-electron chi connectivity index (χ4n) is 1.12. The van der Waals surface area contributed by atoms with Gasteiger partial charge in [0.15, 0.2) is 0 Å². The second-order valence-corrected chi connectivity index (χ2v) is 4.37. The predicted octanol–water partition coefficient (Wildman–Crippen LogP) is 3.36. The lowest BCUT2D eigenvalue weighted by Gasteiger charge is -2.08. The minimum Gasteiger partial charge on any atom is -0.469 e. The van der Waals surface area contributed by atoms with Crippen molar-refractivity contribution >= 4 is 17.7 Å². The van der Waals surface area contributed by atoms with Crippen molar-refractivity contribution in [3.8, 4) is 0 Å². The smallest absolute Gasteiger partial charge is 0.416 e. The molecule has 1 aromatic rings. The Hall–Kier alpha value is -1.17. The number of hydrogen-bond acceptors (Lipinski definition) is 3. The fraction of sp³-hybridized carbons (Fsp3) is 0.364. The van der Waals surface area contributed by atoms with Crippen molar-refractivity contribution in [2.24, 2.45) is 0 Å². The molecule has 0 spiro atoms. The summed E-state index contributed by atoms with van der Waals surface area (Å²) >= 11 is 1.19. The molecule has 94 valence electrons. The molecule has 6 heteroatoms. The average molecular weight is 264 g/mol. The Bertz CT molecular complexity index is 391. The van der Waals surface area contributed by atoms with Crippen LogP contribution in [0.1, 0.15) is 12.0 Å². The van der Waals surface area contributed by atoms with Gasteiger partial charge >= 0.3 is 12.1 Å². The molecule has 0 N–H and O–H groups in total. The van der Waals surface area contributed by atoms with E-state index in [0.29, 0.717) is 10.6 Å². The Balaban J connectivity index is 2.58. The number of alkyl halides is 3. The first-order chi connectivity index (χ1) is 7.93. The van der Waals surface area contributed by atoms with Gasteiger partial charge in [-0.05, 0) is 18.2 Å². The fourth-order valence-corrected chi connectivity index (χ4v) is 2.01. The predicted molar refractivity (Wildman–Crippen MR) is 58.8 cm³/mol. The van der Waals surface area contributed by atoms with E-state index in [-0.39, 0.29) is 12.4 Å². The maximum Gasteiger partial charge on any atom is 0.416 e. The van der Waals surface area contributed by atoms with Crippen LogP contribution in [0.25, 0.3) is 0 Å². The molecule has 0 unspecified atom stereocenters. The molecule has 0 aliphatic carbocycles. The van der Waals surface area contributed by atoms with Gasteiger partial charge in [-0.3, -0.25) is 4.79 Å². The van der Waals surface area contributed by atoms with Gasteiger partial charge in [-0.1, -0.05) is 6.07 Å². The first kappa shape index (κ1) is 13.9. The van der Waals surface area contributed by atoms with Crippen LogP contribution in [-0.2, 0) is 15.7 Å². The number of esters is 1. The summed E-state index contributed by atoms with van der Waals surface area (Å²) in [5, 5.41) is 0. The Morgan fingerprint density at radius 2 is 2.12 bits per heavy atom. The minimum atomic E-state index is -4.33. The largest absolute Gasteiger partial charge is 0.469 e. The Morgan fingerprint density at radius 3 is 2.71 bits per heavy atom. The lowest BCUT2D eigenvalue weighted by molar-refractivity contribution is -0.140. The number of carbonyl (C=O) groups is 1. The monoisotopic (exact) mass is 264 g/mol. The van der Waals surface area contributed by atoms with E-state index in [2.05, 4.69) is 4.74 Å². The SMILES string of the molecule is COC(=O)CCSc1cccc(C(F)(F)F)c1. The van der Waals surface area contributed by atoms with Gasteiger partial charge in [0.25, 0.3) is 0 Å². The number of carbonyl (C=O) groups excluding carboxylic acids is 1. The molecule has 1 aromatic carbocycles. The van der Waals surface area contributed by atoms with Gasteiger partial charge in [0, 0.05) is 10.6 Å². The Morgan fingerprint density at radius 1 is 1.41 bits per heavy atom. The lowest BCUT2D eigenvalue weighted by Crippen LogP contribution is -2.04. The van der Waals surface area contributed by atoms with E-state index in [0.717, 1.165) is 12.1 Å². The molecule has 0 saturated carbocycles. The highest BCUT2D eigenvalue weighted by molar-refractivity contribution is 7.99. The molecule has 0 aromatic heterocycles. The van der Waals surface area contributed by atoms with Gasteiger partial charge in [0.2, 0.25) is 0 Å². The molecule has 1 rings (SSSR count). The summed E-state index contributed by atoms with van der Waals surface area (Å²) in [5.74, 6) is 0.0260. The van der Waals surface area contributed by atoms with E-state index >= 15 is 0 Å². The number of halogens is 3. The van der Waals surface area contributed by atoms with E-state index in [1.54, 1.807) is 6.07 Å². The molecular formula is C11H11F3O2S. The second-order valence-electron chi connectivity index (χ2n) is 3.20. The topological polar surface area (TPSA) is 26.3 Å². The summed E-state index contributed by atoms with van der Waals surface area (Å²) in [6.45, 7) is 0. The van der Waals surface area contributed by atoms with Crippen LogP contribution >= 0.6 is 11.8 Å². The molecule has 0 aliphatic heterocycles. The number of thioether (sulfide) groups is 1. The molecule has 0 radical (unpaired) electrons. The van der Waals surface area contributed by atoms with Crippen LogP contribution in [-0.4, -0.2) is 18.8 Å². The highest BCUT2D eigenvalue weighted by Gasteiger charge is 2.30. The van der Waals surface area contributed by atoms with E-state index in [9.17, 15) is 18.0 Å². The summed E-state index contributed by atoms with van der Waals surface area (Å²) in [5.41, 5.74) is -0.680. The Kier molecular flexibility index (Phi) is 4.86. The number of ether oxygens (including phenoxy) is 1. The quantitative estimate of drug-likeness (QED) is 0.616. The van der Waals surface area contributed by atoms with E-state index in [4.69, 9.17) is 0 Å². The van der Waals surface area contributed by atoms with Crippen LogP contribution in [0.4, 0.5) is 13.2 Å². The molecule has 0 aliphatic rings. The van der Waals surface area contributed by atoms with Crippen molar-refractivity contribution in [2.45, 2.75) is 17.5 Å². The lowest BCUT2D eigenvalue weighted by atomic mass is 10.2. The second kappa shape index (κ2) is 5.95. The summed E-state index contributed by atoms with van der Waals surface area (Å²) in [6.07, 6.45) is -4.16. The van der Waals surface area contributed by atoms with Gasteiger partial charge < -0.3 is 4.74 Å².